The van der Waals surface area contributed by atoms with E-state index in [9.17, 15) is 50.4 Å². The molecule has 2 heterocycles. The number of esters is 1. The van der Waals surface area contributed by atoms with Crippen LogP contribution in [0.1, 0.15) is 5.56 Å². The zero-order valence-corrected chi connectivity index (χ0v) is 23.8. The summed E-state index contributed by atoms with van der Waals surface area (Å²) in [5, 5.41) is 81.1. The van der Waals surface area contributed by atoms with Gasteiger partial charge in [0, 0.05) is 23.8 Å². The van der Waals surface area contributed by atoms with E-state index in [1.54, 1.807) is 0 Å². The fraction of sp³-hybridized carbons (Fsp3) is 0.226. The van der Waals surface area contributed by atoms with Crippen LogP contribution < -0.4 is 14.9 Å². The van der Waals surface area contributed by atoms with Gasteiger partial charge in [0.2, 0.25) is 17.5 Å². The Bertz CT molecular complexity index is 1860. The molecular formula is C31H28O15. The second kappa shape index (κ2) is 12.9. The van der Waals surface area contributed by atoms with Gasteiger partial charge in [0.15, 0.2) is 28.8 Å². The summed E-state index contributed by atoms with van der Waals surface area (Å²) in [4.78, 5) is 26.0. The zero-order valence-electron chi connectivity index (χ0n) is 23.8. The summed E-state index contributed by atoms with van der Waals surface area (Å²) < 4.78 is 27.2. The topological polar surface area (TPSA) is 246 Å². The summed E-state index contributed by atoms with van der Waals surface area (Å²) in [5.41, 5.74) is -0.847. The molecule has 1 aliphatic rings. The van der Waals surface area contributed by atoms with E-state index in [4.69, 9.17) is 23.4 Å². The lowest BCUT2D eigenvalue weighted by atomic mass is 9.99. The number of phenols is 5. The third-order valence-electron chi connectivity index (χ3n) is 7.06. The van der Waals surface area contributed by atoms with E-state index < -0.39 is 88.6 Å². The highest BCUT2D eigenvalue weighted by Crippen LogP contribution is 2.39. The van der Waals surface area contributed by atoms with Crippen molar-refractivity contribution in [3.8, 4) is 51.6 Å². The van der Waals surface area contributed by atoms with E-state index in [1.165, 1.54) is 37.5 Å². The van der Waals surface area contributed by atoms with E-state index in [-0.39, 0.29) is 22.6 Å². The van der Waals surface area contributed by atoms with E-state index in [0.29, 0.717) is 5.56 Å². The van der Waals surface area contributed by atoms with Crippen molar-refractivity contribution in [2.24, 2.45) is 0 Å². The van der Waals surface area contributed by atoms with Gasteiger partial charge in [-0.15, -0.1) is 0 Å². The van der Waals surface area contributed by atoms with Gasteiger partial charge in [-0.3, -0.25) is 4.79 Å². The van der Waals surface area contributed by atoms with Crippen molar-refractivity contribution in [3.05, 3.63) is 70.4 Å². The number of phenolic OH excluding ortho intramolecular Hbond substituents is 5. The maximum atomic E-state index is 13.6. The quantitative estimate of drug-likeness (QED) is 0.0771. The lowest BCUT2D eigenvalue weighted by molar-refractivity contribution is -0.278. The summed E-state index contributed by atoms with van der Waals surface area (Å²) in [6.07, 6.45) is -6.60. The molecule has 0 aliphatic carbocycles. The fourth-order valence-electron chi connectivity index (χ4n) is 4.67. The maximum absolute atomic E-state index is 13.6. The number of aliphatic hydroxyl groups is 3. The number of ether oxygens (including phenoxy) is 4. The van der Waals surface area contributed by atoms with Crippen LogP contribution in [0, 0.1) is 0 Å². The molecule has 0 spiro atoms. The van der Waals surface area contributed by atoms with E-state index in [2.05, 4.69) is 0 Å². The number of carbonyl (C=O) groups is 1. The normalized spacial score (nSPS) is 21.3. The largest absolute Gasteiger partial charge is 0.508 e. The summed E-state index contributed by atoms with van der Waals surface area (Å²) in [7, 11) is 1.36. The first-order valence-electron chi connectivity index (χ1n) is 13.5. The molecule has 0 unspecified atom stereocenters. The minimum absolute atomic E-state index is 0.0264. The van der Waals surface area contributed by atoms with Gasteiger partial charge >= 0.3 is 5.97 Å². The molecule has 46 heavy (non-hydrogen) atoms. The van der Waals surface area contributed by atoms with Crippen LogP contribution in [0.2, 0.25) is 0 Å². The number of carbonyl (C=O) groups excluding carboxylic acids is 1. The smallest absolute Gasteiger partial charge is 0.330 e. The third kappa shape index (κ3) is 6.33. The maximum Gasteiger partial charge on any atom is 0.330 e. The standard InChI is InChI=1S/C31H28O15/c1-42-20-8-13(2-5-17(20)34)3-7-23(37)43-12-22-25(38)27(40)28(41)31(45-22)46-30-26(39)24-19(36)10-15(32)11-21(24)44-29(30)14-4-6-16(33)18(35)9-14/h2-11,22,25,27-28,31-36,38,40-41H,12H2,1H3/b7-3+/t22-,25-,27+,28+,31+/m1/s1. The number of aromatic hydroxyl groups is 5. The summed E-state index contributed by atoms with van der Waals surface area (Å²) >= 11 is 0. The van der Waals surface area contributed by atoms with Gasteiger partial charge in [0.25, 0.3) is 0 Å². The molecule has 8 N–H and O–H groups in total. The second-order valence-corrected chi connectivity index (χ2v) is 10.2. The second-order valence-electron chi connectivity index (χ2n) is 10.2. The van der Waals surface area contributed by atoms with E-state index >= 15 is 0 Å². The lowest BCUT2D eigenvalue weighted by Gasteiger charge is -2.39. The van der Waals surface area contributed by atoms with Crippen LogP contribution in [-0.4, -0.2) is 91.2 Å². The Kier molecular flexibility index (Phi) is 8.93. The summed E-state index contributed by atoms with van der Waals surface area (Å²) in [6.45, 7) is -0.641. The van der Waals surface area contributed by atoms with E-state index in [0.717, 1.165) is 30.3 Å². The first-order valence-corrected chi connectivity index (χ1v) is 13.5. The molecule has 242 valence electrons. The minimum atomic E-state index is -1.96. The SMILES string of the molecule is COc1cc(/C=C/C(=O)OC[C@H]2O[C@@H](Oc3c(-c4ccc(O)c(O)c4)oc4cc(O)cc(O)c4c3=O)[C@@H](O)[C@@H](O)[C@@H]2O)ccc1O. The van der Waals surface area contributed by atoms with Gasteiger partial charge < -0.3 is 64.2 Å². The molecule has 1 aromatic heterocycles. The summed E-state index contributed by atoms with van der Waals surface area (Å²) in [6, 6.07) is 9.60. The molecular weight excluding hydrogens is 612 g/mol. The Hall–Kier alpha value is -5.48. The average molecular weight is 641 g/mol. The molecule has 1 aliphatic heterocycles. The Morgan fingerprint density at radius 2 is 1.61 bits per heavy atom. The highest BCUT2D eigenvalue weighted by molar-refractivity contribution is 5.88. The number of aliphatic hydroxyl groups excluding tert-OH is 3. The average Bonchev–Trinajstić information content (AvgIpc) is 3.02. The Morgan fingerprint density at radius 1 is 0.870 bits per heavy atom. The van der Waals surface area contributed by atoms with Crippen molar-refractivity contribution in [1.29, 1.82) is 0 Å². The van der Waals surface area contributed by atoms with Gasteiger partial charge in [-0.25, -0.2) is 4.79 Å². The van der Waals surface area contributed by atoms with Crippen LogP contribution in [0.15, 0.2) is 63.8 Å². The first kappa shape index (κ1) is 31.9. The molecule has 0 amide bonds. The number of methoxy groups -OCH3 is 1. The van der Waals surface area contributed by atoms with Gasteiger partial charge in [-0.1, -0.05) is 6.07 Å². The van der Waals surface area contributed by atoms with Crippen LogP contribution in [0.5, 0.6) is 40.2 Å². The Balaban J connectivity index is 1.41. The van der Waals surface area contributed by atoms with Gasteiger partial charge in [-0.2, -0.15) is 0 Å². The Morgan fingerprint density at radius 3 is 2.33 bits per heavy atom. The van der Waals surface area contributed by atoms with Crippen LogP contribution in [0.25, 0.3) is 28.4 Å². The number of benzene rings is 3. The third-order valence-corrected chi connectivity index (χ3v) is 7.06. The molecule has 1 saturated heterocycles. The highest BCUT2D eigenvalue weighted by Gasteiger charge is 2.46. The van der Waals surface area contributed by atoms with Crippen molar-refractivity contribution in [1.82, 2.24) is 0 Å². The fourth-order valence-corrected chi connectivity index (χ4v) is 4.67. The first-order chi connectivity index (χ1) is 21.9. The van der Waals surface area contributed by atoms with Crippen molar-refractivity contribution in [3.63, 3.8) is 0 Å². The Labute approximate surface area is 258 Å². The number of hydrogen-bond acceptors (Lipinski definition) is 15. The molecule has 0 bridgehead atoms. The predicted molar refractivity (Wildman–Crippen MR) is 157 cm³/mol. The molecule has 4 aromatic rings. The van der Waals surface area contributed by atoms with Crippen LogP contribution >= 0.6 is 0 Å². The predicted octanol–water partition coefficient (Wildman–Crippen LogP) is 1.44. The minimum Gasteiger partial charge on any atom is -0.508 e. The van der Waals surface area contributed by atoms with E-state index in [1.807, 2.05) is 0 Å². The monoisotopic (exact) mass is 640 g/mol. The molecule has 1 fully saturated rings. The molecule has 0 radical (unpaired) electrons. The number of hydrogen-bond donors (Lipinski definition) is 8. The van der Waals surface area contributed by atoms with Crippen molar-refractivity contribution in [2.45, 2.75) is 30.7 Å². The van der Waals surface area contributed by atoms with Crippen LogP contribution in [0.4, 0.5) is 0 Å². The van der Waals surface area contributed by atoms with Gasteiger partial charge in [0.05, 0.1) is 7.11 Å². The van der Waals surface area contributed by atoms with Gasteiger partial charge in [0.1, 0.15) is 53.5 Å². The van der Waals surface area contributed by atoms with Crippen LogP contribution in [-0.2, 0) is 14.3 Å². The van der Waals surface area contributed by atoms with Crippen molar-refractivity contribution in [2.75, 3.05) is 13.7 Å². The number of fused-ring (bicyclic) bond motifs is 1. The molecule has 0 saturated carbocycles. The highest BCUT2D eigenvalue weighted by atomic mass is 16.7. The van der Waals surface area contributed by atoms with Crippen LogP contribution in [0.3, 0.4) is 0 Å². The summed E-state index contributed by atoms with van der Waals surface area (Å²) in [5.74, 6) is -4.12. The molecule has 3 aromatic carbocycles. The zero-order chi connectivity index (χ0) is 33.3. The van der Waals surface area contributed by atoms with Crippen molar-refractivity contribution < 1.29 is 69.0 Å². The molecule has 5 rings (SSSR count). The molecule has 15 heteroatoms. The molecule has 5 atom stereocenters. The number of rotatable bonds is 8. The lowest BCUT2D eigenvalue weighted by Crippen LogP contribution is -2.60. The van der Waals surface area contributed by atoms with Crippen molar-refractivity contribution >= 4 is 23.0 Å². The molecule has 15 nitrogen and oxygen atoms in total. The van der Waals surface area contributed by atoms with Gasteiger partial charge in [-0.05, 0) is 42.0 Å².